The second kappa shape index (κ2) is 9.36. The zero-order chi connectivity index (χ0) is 19.9. The van der Waals surface area contributed by atoms with Crippen LogP contribution in [0.3, 0.4) is 0 Å². The molecule has 8 heteroatoms. The minimum absolute atomic E-state index is 0.0829. The first-order valence-electron chi connectivity index (χ1n) is 8.92. The van der Waals surface area contributed by atoms with Gasteiger partial charge in [-0.15, -0.1) is 11.3 Å². The Hall–Kier alpha value is -2.87. The quantitative estimate of drug-likeness (QED) is 0.511. The van der Waals surface area contributed by atoms with Gasteiger partial charge in [-0.25, -0.2) is 0 Å². The third-order valence-electron chi connectivity index (χ3n) is 4.10. The topological polar surface area (TPSA) is 90.9 Å². The largest absolute Gasteiger partial charge is 0.457 e. The van der Waals surface area contributed by atoms with Crippen LogP contribution >= 0.6 is 11.3 Å². The van der Waals surface area contributed by atoms with Crippen molar-refractivity contribution in [3.8, 4) is 11.5 Å². The van der Waals surface area contributed by atoms with Crippen LogP contribution in [0.15, 0.2) is 30.3 Å². The van der Waals surface area contributed by atoms with Crippen molar-refractivity contribution in [2.45, 2.75) is 26.2 Å². The van der Waals surface area contributed by atoms with E-state index in [2.05, 4.69) is 5.32 Å². The fraction of sp³-hybridized carbons (Fsp3) is 0.350. The third kappa shape index (κ3) is 5.56. The van der Waals surface area contributed by atoms with Gasteiger partial charge in [-0.3, -0.25) is 14.4 Å². The molecular weight excluding hydrogens is 382 g/mol. The molecule has 7 nitrogen and oxygen atoms in total. The summed E-state index contributed by atoms with van der Waals surface area (Å²) >= 11 is 1.35. The summed E-state index contributed by atoms with van der Waals surface area (Å²) in [7, 11) is 0. The lowest BCUT2D eigenvalue weighted by atomic mass is 10.1. The smallest absolute Gasteiger partial charge is 0.306 e. The summed E-state index contributed by atoms with van der Waals surface area (Å²) in [6, 6.07) is 9.10. The Bertz CT molecular complexity index is 875. The van der Waals surface area contributed by atoms with Crippen LogP contribution in [0.2, 0.25) is 0 Å². The van der Waals surface area contributed by atoms with Gasteiger partial charge in [0.25, 0.3) is 0 Å². The molecule has 3 rings (SSSR count). The Balaban J connectivity index is 1.40. The molecule has 0 fully saturated rings. The molecule has 28 heavy (non-hydrogen) atoms. The number of hydrogen-bond donors (Lipinski definition) is 1. The van der Waals surface area contributed by atoms with Crippen molar-refractivity contribution in [2.75, 3.05) is 19.9 Å². The average Bonchev–Trinajstić information content (AvgIpc) is 3.33. The molecule has 0 spiro atoms. The number of rotatable bonds is 9. The number of amides is 1. The molecule has 1 aromatic heterocycles. The van der Waals surface area contributed by atoms with Gasteiger partial charge in [-0.1, -0.05) is 6.07 Å². The summed E-state index contributed by atoms with van der Waals surface area (Å²) in [6.45, 7) is 1.93. The van der Waals surface area contributed by atoms with Crippen LogP contribution in [0.1, 0.15) is 33.5 Å². The normalized spacial score (nSPS) is 11.9. The Morgan fingerprint density at radius 2 is 1.93 bits per heavy atom. The van der Waals surface area contributed by atoms with Crippen LogP contribution in [0.5, 0.6) is 11.5 Å². The van der Waals surface area contributed by atoms with Crippen LogP contribution in [0, 0.1) is 0 Å². The Labute approximate surface area is 166 Å². The van der Waals surface area contributed by atoms with Gasteiger partial charge in [0, 0.05) is 24.8 Å². The van der Waals surface area contributed by atoms with Crippen LogP contribution in [0.25, 0.3) is 0 Å². The van der Waals surface area contributed by atoms with Gasteiger partial charge in [0.15, 0.2) is 18.1 Å². The zero-order valence-electron chi connectivity index (χ0n) is 15.5. The van der Waals surface area contributed by atoms with Gasteiger partial charge in [0.05, 0.1) is 4.88 Å². The minimum atomic E-state index is -0.423. The van der Waals surface area contributed by atoms with E-state index in [-0.39, 0.29) is 31.5 Å². The number of thiophene rings is 1. The lowest BCUT2D eigenvalue weighted by Gasteiger charge is -2.05. The molecule has 0 bridgehead atoms. The van der Waals surface area contributed by atoms with E-state index < -0.39 is 5.97 Å². The van der Waals surface area contributed by atoms with E-state index >= 15 is 0 Å². The van der Waals surface area contributed by atoms with Crippen molar-refractivity contribution >= 4 is 29.0 Å². The van der Waals surface area contributed by atoms with Crippen molar-refractivity contribution in [3.05, 3.63) is 45.6 Å². The number of carbonyl (C=O) groups is 3. The first-order valence-corrected chi connectivity index (χ1v) is 9.73. The van der Waals surface area contributed by atoms with Crippen LogP contribution in [-0.2, 0) is 27.2 Å². The number of benzene rings is 1. The summed E-state index contributed by atoms with van der Waals surface area (Å²) in [4.78, 5) is 36.5. The molecule has 0 unspecified atom stereocenters. The maximum atomic E-state index is 12.2. The van der Waals surface area contributed by atoms with Gasteiger partial charge in [0.2, 0.25) is 18.5 Å². The fourth-order valence-corrected chi connectivity index (χ4v) is 3.59. The molecule has 2 aromatic rings. The third-order valence-corrected chi connectivity index (χ3v) is 5.29. The lowest BCUT2D eigenvalue weighted by molar-refractivity contribution is -0.142. The first-order chi connectivity index (χ1) is 13.5. The predicted octanol–water partition coefficient (Wildman–Crippen LogP) is 2.51. The number of nitrogens with one attached hydrogen (secondary N) is 1. The summed E-state index contributed by atoms with van der Waals surface area (Å²) < 4.78 is 15.7. The standard InChI is InChI=1S/C20H21NO6S/c1-13(22)21-9-8-15-4-6-19(28-15)16(23)11-25-20(24)7-3-14-2-5-17-18(10-14)27-12-26-17/h2,4-6,10H,3,7-9,11-12H2,1H3,(H,21,22). The number of carbonyl (C=O) groups excluding carboxylic acids is 3. The van der Waals surface area contributed by atoms with E-state index in [1.54, 1.807) is 6.07 Å². The van der Waals surface area contributed by atoms with Crippen LogP contribution in [-0.4, -0.2) is 37.6 Å². The number of Topliss-reactive ketones (excluding diaryl/α,β-unsaturated/α-hetero) is 1. The maximum absolute atomic E-state index is 12.2. The number of hydrogen-bond acceptors (Lipinski definition) is 7. The van der Waals surface area contributed by atoms with Crippen LogP contribution < -0.4 is 14.8 Å². The van der Waals surface area contributed by atoms with Gasteiger partial charge in [-0.2, -0.15) is 0 Å². The molecule has 1 N–H and O–H groups in total. The number of aryl methyl sites for hydroxylation is 1. The van der Waals surface area contributed by atoms with Crippen molar-refractivity contribution in [3.63, 3.8) is 0 Å². The second-order valence-corrected chi connectivity index (χ2v) is 7.44. The van der Waals surface area contributed by atoms with Crippen molar-refractivity contribution in [1.82, 2.24) is 5.32 Å². The molecule has 0 aliphatic carbocycles. The monoisotopic (exact) mass is 403 g/mol. The second-order valence-electron chi connectivity index (χ2n) is 6.27. The SMILES string of the molecule is CC(=O)NCCc1ccc(C(=O)COC(=O)CCc2ccc3c(c2)OCO3)s1. The zero-order valence-corrected chi connectivity index (χ0v) is 16.3. The average molecular weight is 403 g/mol. The first kappa shape index (κ1) is 19.9. The molecular formula is C20H21NO6S. The maximum Gasteiger partial charge on any atom is 0.306 e. The van der Waals surface area contributed by atoms with E-state index in [9.17, 15) is 14.4 Å². The summed E-state index contributed by atoms with van der Waals surface area (Å²) in [6.07, 6.45) is 1.34. The fourth-order valence-electron chi connectivity index (χ4n) is 2.66. The molecule has 0 saturated carbocycles. The van der Waals surface area contributed by atoms with E-state index in [0.717, 1.165) is 10.4 Å². The molecule has 1 aromatic carbocycles. The molecule has 0 saturated heterocycles. The predicted molar refractivity (Wildman–Crippen MR) is 103 cm³/mol. The molecule has 1 amide bonds. The number of ether oxygens (including phenoxy) is 3. The van der Waals surface area contributed by atoms with E-state index in [0.29, 0.717) is 35.8 Å². The van der Waals surface area contributed by atoms with Crippen molar-refractivity contribution < 1.29 is 28.6 Å². The van der Waals surface area contributed by atoms with Gasteiger partial charge in [0.1, 0.15) is 0 Å². The van der Waals surface area contributed by atoms with Crippen molar-refractivity contribution in [1.29, 1.82) is 0 Å². The number of ketones is 1. The van der Waals surface area contributed by atoms with Gasteiger partial charge < -0.3 is 19.5 Å². The Kier molecular flexibility index (Phi) is 6.65. The Morgan fingerprint density at radius 3 is 2.75 bits per heavy atom. The highest BCUT2D eigenvalue weighted by molar-refractivity contribution is 7.14. The minimum Gasteiger partial charge on any atom is -0.457 e. The summed E-state index contributed by atoms with van der Waals surface area (Å²) in [5.74, 6) is 0.638. The highest BCUT2D eigenvalue weighted by Gasteiger charge is 2.15. The van der Waals surface area contributed by atoms with Gasteiger partial charge >= 0.3 is 5.97 Å². The van der Waals surface area contributed by atoms with Gasteiger partial charge in [-0.05, 0) is 42.7 Å². The highest BCUT2D eigenvalue weighted by atomic mass is 32.1. The number of fused-ring (bicyclic) bond motifs is 1. The molecule has 0 radical (unpaired) electrons. The number of esters is 1. The molecule has 2 heterocycles. The van der Waals surface area contributed by atoms with Crippen molar-refractivity contribution in [2.24, 2.45) is 0 Å². The van der Waals surface area contributed by atoms with E-state index in [1.165, 1.54) is 18.3 Å². The summed E-state index contributed by atoms with van der Waals surface area (Å²) in [5, 5.41) is 2.71. The molecule has 1 aliphatic rings. The molecule has 0 atom stereocenters. The molecule has 148 valence electrons. The van der Waals surface area contributed by atoms with E-state index in [1.807, 2.05) is 24.3 Å². The van der Waals surface area contributed by atoms with E-state index in [4.69, 9.17) is 14.2 Å². The van der Waals surface area contributed by atoms with Crippen LogP contribution in [0.4, 0.5) is 0 Å². The highest BCUT2D eigenvalue weighted by Crippen LogP contribution is 2.32. The molecule has 1 aliphatic heterocycles. The lowest BCUT2D eigenvalue weighted by Crippen LogP contribution is -2.22. The summed E-state index contributed by atoms with van der Waals surface area (Å²) in [5.41, 5.74) is 0.939. The Morgan fingerprint density at radius 1 is 1.11 bits per heavy atom.